The van der Waals surface area contributed by atoms with E-state index in [1.807, 2.05) is 0 Å². The minimum absolute atomic E-state index is 0.0642. The number of halogens is 1. The molecule has 0 unspecified atom stereocenters. The highest BCUT2D eigenvalue weighted by atomic mass is 19.1. The van der Waals surface area contributed by atoms with Crippen molar-refractivity contribution >= 4 is 17.0 Å². The van der Waals surface area contributed by atoms with Gasteiger partial charge in [-0.05, 0) is 17.7 Å². The molecule has 0 radical (unpaired) electrons. The van der Waals surface area contributed by atoms with Gasteiger partial charge in [0, 0.05) is 25.0 Å². The summed E-state index contributed by atoms with van der Waals surface area (Å²) < 4.78 is 14.1. The first-order valence-corrected chi connectivity index (χ1v) is 6.33. The zero-order valence-electron chi connectivity index (χ0n) is 11.4. The number of hydrogen-bond donors (Lipinski definition) is 1. The molecule has 0 bridgehead atoms. The van der Waals surface area contributed by atoms with Crippen LogP contribution >= 0.6 is 0 Å². The van der Waals surface area contributed by atoms with Crippen molar-refractivity contribution in [3.8, 4) is 11.1 Å². The first-order chi connectivity index (χ1) is 10.5. The fourth-order valence-electron chi connectivity index (χ4n) is 2.36. The lowest BCUT2D eigenvalue weighted by Gasteiger charge is -2.13. The number of aromatic nitrogens is 3. The molecular formula is C15H10FN3O3. The van der Waals surface area contributed by atoms with E-state index in [1.165, 1.54) is 43.7 Å². The lowest BCUT2D eigenvalue weighted by molar-refractivity contribution is 0.0686. The van der Waals surface area contributed by atoms with Gasteiger partial charge in [0.2, 0.25) is 0 Å². The van der Waals surface area contributed by atoms with Crippen molar-refractivity contribution in [3.05, 3.63) is 58.5 Å². The monoisotopic (exact) mass is 299 g/mol. The van der Waals surface area contributed by atoms with E-state index in [9.17, 15) is 19.1 Å². The van der Waals surface area contributed by atoms with Gasteiger partial charge < -0.3 is 9.67 Å². The van der Waals surface area contributed by atoms with Crippen molar-refractivity contribution in [2.75, 3.05) is 0 Å². The van der Waals surface area contributed by atoms with Crippen molar-refractivity contribution in [1.29, 1.82) is 0 Å². The van der Waals surface area contributed by atoms with Gasteiger partial charge in [0.05, 0.1) is 0 Å². The van der Waals surface area contributed by atoms with Crippen LogP contribution in [-0.4, -0.2) is 25.6 Å². The maximum atomic E-state index is 13.1. The Morgan fingerprint density at radius 2 is 1.73 bits per heavy atom. The predicted octanol–water partition coefficient (Wildman–Crippen LogP) is 1.83. The number of carbonyl (C=O) groups is 1. The van der Waals surface area contributed by atoms with Crippen LogP contribution in [0.3, 0.4) is 0 Å². The van der Waals surface area contributed by atoms with Crippen molar-refractivity contribution in [2.45, 2.75) is 0 Å². The molecule has 0 saturated heterocycles. The van der Waals surface area contributed by atoms with Gasteiger partial charge in [-0.3, -0.25) is 9.78 Å². The number of pyridine rings is 1. The van der Waals surface area contributed by atoms with E-state index < -0.39 is 17.3 Å². The normalized spacial score (nSPS) is 10.8. The third-order valence-corrected chi connectivity index (χ3v) is 3.35. The summed E-state index contributed by atoms with van der Waals surface area (Å²) in [6.45, 7) is 0. The molecule has 3 rings (SSSR count). The summed E-state index contributed by atoms with van der Waals surface area (Å²) in [6, 6.07) is 5.31. The lowest BCUT2D eigenvalue weighted by atomic mass is 10.0. The van der Waals surface area contributed by atoms with E-state index in [2.05, 4.69) is 9.97 Å². The van der Waals surface area contributed by atoms with E-state index in [0.717, 1.165) is 4.57 Å². The van der Waals surface area contributed by atoms with E-state index in [4.69, 9.17) is 0 Å². The first kappa shape index (κ1) is 13.9. The molecule has 7 heteroatoms. The average Bonchev–Trinajstić information content (AvgIpc) is 2.51. The summed E-state index contributed by atoms with van der Waals surface area (Å²) in [6.07, 6.45) is 2.74. The summed E-state index contributed by atoms with van der Waals surface area (Å²) in [4.78, 5) is 31.9. The Bertz CT molecular complexity index is 949. The number of hydrogen-bond acceptors (Lipinski definition) is 4. The van der Waals surface area contributed by atoms with Crippen LogP contribution in [-0.2, 0) is 7.05 Å². The van der Waals surface area contributed by atoms with Crippen molar-refractivity contribution < 1.29 is 14.3 Å². The molecule has 2 aromatic heterocycles. The van der Waals surface area contributed by atoms with Crippen molar-refractivity contribution in [2.24, 2.45) is 7.05 Å². The second-order valence-corrected chi connectivity index (χ2v) is 4.65. The largest absolute Gasteiger partial charge is 0.477 e. The molecule has 0 aliphatic rings. The van der Waals surface area contributed by atoms with Gasteiger partial charge in [0.1, 0.15) is 17.0 Å². The Hall–Kier alpha value is -3.09. The SMILES string of the molecule is Cn1c(C(=O)O)c(-c2ccc(F)cc2)c2nccnc2c1=O. The van der Waals surface area contributed by atoms with Gasteiger partial charge in [0.25, 0.3) is 5.56 Å². The number of benzene rings is 1. The molecule has 0 aliphatic carbocycles. The first-order valence-electron chi connectivity index (χ1n) is 6.33. The topological polar surface area (TPSA) is 85.1 Å². The van der Waals surface area contributed by atoms with Crippen LogP contribution in [0.2, 0.25) is 0 Å². The third-order valence-electron chi connectivity index (χ3n) is 3.35. The average molecular weight is 299 g/mol. The molecule has 0 spiro atoms. The minimum atomic E-state index is -1.27. The number of carboxylic acids is 1. The predicted molar refractivity (Wildman–Crippen MR) is 77.1 cm³/mol. The molecule has 3 aromatic rings. The van der Waals surface area contributed by atoms with Crippen molar-refractivity contribution in [1.82, 2.24) is 14.5 Å². The van der Waals surface area contributed by atoms with E-state index in [-0.39, 0.29) is 22.3 Å². The molecular weight excluding hydrogens is 289 g/mol. The van der Waals surface area contributed by atoms with Gasteiger partial charge in [-0.1, -0.05) is 12.1 Å². The smallest absolute Gasteiger partial charge is 0.353 e. The summed E-state index contributed by atoms with van der Waals surface area (Å²) in [5.74, 6) is -1.72. The van der Waals surface area contributed by atoms with E-state index in [0.29, 0.717) is 5.56 Å². The van der Waals surface area contributed by atoms with Gasteiger partial charge in [-0.15, -0.1) is 0 Å². The van der Waals surface area contributed by atoms with Crippen LogP contribution in [0.1, 0.15) is 10.5 Å². The fraction of sp³-hybridized carbons (Fsp3) is 0.0667. The van der Waals surface area contributed by atoms with Crippen LogP contribution in [0.5, 0.6) is 0 Å². The minimum Gasteiger partial charge on any atom is -0.477 e. The van der Waals surface area contributed by atoms with Gasteiger partial charge in [0.15, 0.2) is 5.52 Å². The molecule has 1 aromatic carbocycles. The quantitative estimate of drug-likeness (QED) is 0.780. The maximum absolute atomic E-state index is 13.1. The molecule has 0 saturated carbocycles. The molecule has 110 valence electrons. The Balaban J connectivity index is 2.53. The molecule has 22 heavy (non-hydrogen) atoms. The number of rotatable bonds is 2. The van der Waals surface area contributed by atoms with Crippen LogP contribution in [0.25, 0.3) is 22.2 Å². The molecule has 0 fully saturated rings. The number of aromatic carboxylic acids is 1. The Labute approximate surface area is 123 Å². The summed E-state index contributed by atoms with van der Waals surface area (Å²) in [5, 5.41) is 9.46. The highest BCUT2D eigenvalue weighted by Gasteiger charge is 2.22. The van der Waals surface area contributed by atoms with Crippen LogP contribution in [0.4, 0.5) is 4.39 Å². The summed E-state index contributed by atoms with van der Waals surface area (Å²) in [7, 11) is 1.35. The Morgan fingerprint density at radius 1 is 1.14 bits per heavy atom. The van der Waals surface area contributed by atoms with Crippen molar-refractivity contribution in [3.63, 3.8) is 0 Å². The molecule has 6 nitrogen and oxygen atoms in total. The molecule has 0 atom stereocenters. The number of fused-ring (bicyclic) bond motifs is 1. The fourth-order valence-corrected chi connectivity index (χ4v) is 2.36. The second kappa shape index (κ2) is 5.03. The van der Waals surface area contributed by atoms with Crippen LogP contribution in [0, 0.1) is 5.82 Å². The highest BCUT2D eigenvalue weighted by molar-refractivity contribution is 6.03. The lowest BCUT2D eigenvalue weighted by Crippen LogP contribution is -2.25. The van der Waals surface area contributed by atoms with Crippen LogP contribution < -0.4 is 5.56 Å². The van der Waals surface area contributed by atoms with Gasteiger partial charge >= 0.3 is 5.97 Å². The number of nitrogens with zero attached hydrogens (tertiary/aromatic N) is 3. The van der Waals surface area contributed by atoms with Gasteiger partial charge in [-0.25, -0.2) is 14.2 Å². The highest BCUT2D eigenvalue weighted by Crippen LogP contribution is 2.28. The van der Waals surface area contributed by atoms with Gasteiger partial charge in [-0.2, -0.15) is 0 Å². The molecule has 2 heterocycles. The summed E-state index contributed by atoms with van der Waals surface area (Å²) >= 11 is 0. The van der Waals surface area contributed by atoms with E-state index in [1.54, 1.807) is 0 Å². The van der Waals surface area contributed by atoms with Crippen LogP contribution in [0.15, 0.2) is 41.5 Å². The summed E-state index contributed by atoms with van der Waals surface area (Å²) in [5.41, 5.74) is 0.150. The Morgan fingerprint density at radius 3 is 2.32 bits per heavy atom. The zero-order valence-corrected chi connectivity index (χ0v) is 11.4. The standard InChI is InChI=1S/C15H10FN3O3/c1-19-13(15(21)22)10(8-2-4-9(16)5-3-8)11-12(14(19)20)18-7-6-17-11/h2-7H,1H3,(H,21,22). The Kier molecular flexibility index (Phi) is 3.17. The number of carboxylic acid groups (broad SMARTS) is 1. The zero-order chi connectivity index (χ0) is 15.9. The second-order valence-electron chi connectivity index (χ2n) is 4.65. The van der Waals surface area contributed by atoms with E-state index >= 15 is 0 Å². The third kappa shape index (κ3) is 2.03. The maximum Gasteiger partial charge on any atom is 0.353 e. The molecule has 0 aliphatic heterocycles. The molecule has 0 amide bonds. The molecule has 1 N–H and O–H groups in total.